The van der Waals surface area contributed by atoms with Crippen molar-refractivity contribution in [1.82, 2.24) is 14.8 Å². The predicted octanol–water partition coefficient (Wildman–Crippen LogP) is 4.72. The van der Waals surface area contributed by atoms with Crippen molar-refractivity contribution in [2.45, 2.75) is 47.6 Å². The highest BCUT2D eigenvalue weighted by molar-refractivity contribution is 7.14. The van der Waals surface area contributed by atoms with E-state index in [1.807, 2.05) is 13.0 Å². The third kappa shape index (κ3) is 5.73. The van der Waals surface area contributed by atoms with Crippen molar-refractivity contribution in [3.8, 4) is 11.5 Å². The van der Waals surface area contributed by atoms with Crippen LogP contribution in [0.2, 0.25) is 0 Å². The SMILES string of the molecule is CCN(CC)CCN1C(=O)C(O)=C(C(=O)c2sc(C)nc2C)C1c1ccc(OCC(C)C)c(OC)c1. The first-order valence-electron chi connectivity index (χ1n) is 12.4. The molecule has 8 nitrogen and oxygen atoms in total. The highest BCUT2D eigenvalue weighted by Gasteiger charge is 2.44. The number of thiazole rings is 1. The van der Waals surface area contributed by atoms with Crippen molar-refractivity contribution < 1.29 is 24.2 Å². The number of amides is 1. The first-order valence-corrected chi connectivity index (χ1v) is 13.2. The Kier molecular flexibility index (Phi) is 9.13. The van der Waals surface area contributed by atoms with Crippen molar-refractivity contribution in [1.29, 1.82) is 0 Å². The number of nitrogens with zero attached hydrogens (tertiary/aromatic N) is 3. The van der Waals surface area contributed by atoms with Crippen LogP contribution in [0.25, 0.3) is 0 Å². The van der Waals surface area contributed by atoms with Crippen LogP contribution < -0.4 is 9.47 Å². The Morgan fingerprint density at radius 2 is 1.92 bits per heavy atom. The lowest BCUT2D eigenvalue weighted by Gasteiger charge is -2.29. The van der Waals surface area contributed by atoms with Gasteiger partial charge in [0.15, 0.2) is 17.3 Å². The minimum absolute atomic E-state index is 0.0733. The number of ketones is 1. The fourth-order valence-corrected chi connectivity index (χ4v) is 5.22. The summed E-state index contributed by atoms with van der Waals surface area (Å²) < 4.78 is 11.5. The third-order valence-electron chi connectivity index (χ3n) is 6.29. The second kappa shape index (κ2) is 11.9. The van der Waals surface area contributed by atoms with Crippen LogP contribution in [0.4, 0.5) is 0 Å². The van der Waals surface area contributed by atoms with E-state index in [0.29, 0.717) is 53.2 Å². The highest BCUT2D eigenvalue weighted by Crippen LogP contribution is 2.42. The zero-order valence-corrected chi connectivity index (χ0v) is 23.1. The van der Waals surface area contributed by atoms with Gasteiger partial charge in [-0.1, -0.05) is 33.8 Å². The summed E-state index contributed by atoms with van der Waals surface area (Å²) in [5, 5.41) is 11.7. The lowest BCUT2D eigenvalue weighted by molar-refractivity contribution is -0.129. The smallest absolute Gasteiger partial charge is 0.290 e. The van der Waals surface area contributed by atoms with E-state index >= 15 is 0 Å². The van der Waals surface area contributed by atoms with Crippen LogP contribution in [-0.4, -0.2) is 71.5 Å². The molecule has 196 valence electrons. The number of likely N-dealkylation sites (N-methyl/N-ethyl adjacent to an activating group) is 1. The molecule has 0 aliphatic carbocycles. The molecule has 0 radical (unpaired) electrons. The van der Waals surface area contributed by atoms with Gasteiger partial charge >= 0.3 is 0 Å². The Bertz CT molecular complexity index is 1140. The third-order valence-corrected chi connectivity index (χ3v) is 7.36. The molecule has 1 aromatic heterocycles. The molecule has 1 unspecified atom stereocenters. The molecule has 1 aliphatic heterocycles. The van der Waals surface area contributed by atoms with Crippen LogP contribution in [0.5, 0.6) is 11.5 Å². The maximum atomic E-state index is 13.7. The zero-order chi connectivity index (χ0) is 26.6. The Morgan fingerprint density at radius 1 is 1.22 bits per heavy atom. The van der Waals surface area contributed by atoms with Crippen molar-refractivity contribution >= 4 is 23.0 Å². The van der Waals surface area contributed by atoms with Crippen molar-refractivity contribution in [2.24, 2.45) is 5.92 Å². The van der Waals surface area contributed by atoms with E-state index in [0.717, 1.165) is 18.1 Å². The average Bonchev–Trinajstić information content (AvgIpc) is 3.32. The van der Waals surface area contributed by atoms with Crippen LogP contribution in [0, 0.1) is 19.8 Å². The number of aliphatic hydroxyl groups excluding tert-OH is 1. The summed E-state index contributed by atoms with van der Waals surface area (Å²) in [6.07, 6.45) is 0. The number of carbonyl (C=O) groups is 2. The molecule has 0 bridgehead atoms. The molecule has 1 atom stereocenters. The topological polar surface area (TPSA) is 92.2 Å². The van der Waals surface area contributed by atoms with Gasteiger partial charge in [0.05, 0.1) is 40.9 Å². The maximum absolute atomic E-state index is 13.7. The molecule has 0 spiro atoms. The molecule has 1 aliphatic rings. The summed E-state index contributed by atoms with van der Waals surface area (Å²) in [6.45, 7) is 15.0. The van der Waals surface area contributed by atoms with E-state index in [2.05, 4.69) is 37.6 Å². The minimum atomic E-state index is -0.754. The number of ether oxygens (including phenoxy) is 2. The summed E-state index contributed by atoms with van der Waals surface area (Å²) in [7, 11) is 1.56. The fraction of sp³-hybridized carbons (Fsp3) is 0.519. The number of methoxy groups -OCH3 is 1. The quantitative estimate of drug-likeness (QED) is 0.409. The molecule has 36 heavy (non-hydrogen) atoms. The van der Waals surface area contributed by atoms with Gasteiger partial charge in [0.2, 0.25) is 5.78 Å². The molecule has 3 rings (SSSR count). The largest absolute Gasteiger partial charge is 0.503 e. The molecule has 1 amide bonds. The van der Waals surface area contributed by atoms with E-state index < -0.39 is 17.7 Å². The molecular weight excluding hydrogens is 478 g/mol. The van der Waals surface area contributed by atoms with E-state index in [9.17, 15) is 14.7 Å². The van der Waals surface area contributed by atoms with Gasteiger partial charge in [0.1, 0.15) is 0 Å². The molecule has 0 saturated heterocycles. The first-order chi connectivity index (χ1) is 17.1. The van der Waals surface area contributed by atoms with Crippen LogP contribution in [0.1, 0.15) is 59.7 Å². The average molecular weight is 516 g/mol. The van der Waals surface area contributed by atoms with Crippen LogP contribution in [0.3, 0.4) is 0 Å². The minimum Gasteiger partial charge on any atom is -0.503 e. The standard InChI is InChI=1S/C27H37N3O5S/c1-8-29(9-2)12-13-30-23(19-10-11-20(21(14-19)34-7)35-15-16(3)4)22(25(32)27(30)33)24(31)26-17(5)28-18(6)36-26/h10-11,14,16,23,32H,8-9,12-13,15H2,1-7H3. The Morgan fingerprint density at radius 3 is 2.47 bits per heavy atom. The summed E-state index contributed by atoms with van der Waals surface area (Å²) >= 11 is 1.27. The number of aromatic nitrogens is 1. The van der Waals surface area contributed by atoms with Gasteiger partial charge in [-0.2, -0.15) is 0 Å². The number of hydrogen-bond acceptors (Lipinski definition) is 8. The zero-order valence-electron chi connectivity index (χ0n) is 22.3. The van der Waals surface area contributed by atoms with Gasteiger partial charge in [0.25, 0.3) is 5.91 Å². The molecule has 0 saturated carbocycles. The lowest BCUT2D eigenvalue weighted by Crippen LogP contribution is -2.38. The molecule has 2 aromatic rings. The van der Waals surface area contributed by atoms with E-state index in [4.69, 9.17) is 9.47 Å². The number of carbonyl (C=O) groups excluding carboxylic acids is 2. The number of Topliss-reactive ketones (excluding diaryl/α,β-unsaturated/α-hetero) is 1. The number of aryl methyl sites for hydroxylation is 2. The van der Waals surface area contributed by atoms with E-state index in [-0.39, 0.29) is 11.4 Å². The van der Waals surface area contributed by atoms with E-state index in [1.54, 1.807) is 31.1 Å². The predicted molar refractivity (Wildman–Crippen MR) is 141 cm³/mol. The number of hydrogen-bond donors (Lipinski definition) is 1. The van der Waals surface area contributed by atoms with Crippen molar-refractivity contribution in [3.63, 3.8) is 0 Å². The van der Waals surface area contributed by atoms with Crippen molar-refractivity contribution in [3.05, 3.63) is 50.7 Å². The molecule has 2 heterocycles. The summed E-state index contributed by atoms with van der Waals surface area (Å²) in [5.41, 5.74) is 1.33. The van der Waals surface area contributed by atoms with Crippen LogP contribution in [0.15, 0.2) is 29.5 Å². The first kappa shape index (κ1) is 27.7. The second-order valence-corrected chi connectivity index (χ2v) is 10.5. The fourth-order valence-electron chi connectivity index (χ4n) is 4.35. The summed E-state index contributed by atoms with van der Waals surface area (Å²) in [4.78, 5) is 35.6. The van der Waals surface area contributed by atoms with Gasteiger partial charge in [-0.05, 0) is 50.6 Å². The number of rotatable bonds is 12. The van der Waals surface area contributed by atoms with Gasteiger partial charge in [-0.25, -0.2) is 4.98 Å². The van der Waals surface area contributed by atoms with Crippen molar-refractivity contribution in [2.75, 3.05) is 39.9 Å². The second-order valence-electron chi connectivity index (χ2n) is 9.28. The summed E-state index contributed by atoms with van der Waals surface area (Å²) in [5.74, 6) is 0.00450. The Balaban J connectivity index is 2.07. The monoisotopic (exact) mass is 515 g/mol. The Labute approximate surface area is 217 Å². The van der Waals surface area contributed by atoms with E-state index in [1.165, 1.54) is 11.3 Å². The molecule has 1 N–H and O–H groups in total. The molecule has 0 fully saturated rings. The van der Waals surface area contributed by atoms with Crippen LogP contribution >= 0.6 is 11.3 Å². The maximum Gasteiger partial charge on any atom is 0.290 e. The molecular formula is C27H37N3O5S. The van der Waals surface area contributed by atoms with Gasteiger partial charge < -0.3 is 24.4 Å². The molecule has 9 heteroatoms. The van der Waals surface area contributed by atoms with Crippen LogP contribution in [-0.2, 0) is 4.79 Å². The normalized spacial score (nSPS) is 16.0. The molecule has 1 aromatic carbocycles. The summed E-state index contributed by atoms with van der Waals surface area (Å²) in [6, 6.07) is 4.66. The lowest BCUT2D eigenvalue weighted by atomic mass is 9.94. The highest BCUT2D eigenvalue weighted by atomic mass is 32.1. The Hall–Kier alpha value is -2.91. The van der Waals surface area contributed by atoms with Gasteiger partial charge in [-0.15, -0.1) is 11.3 Å². The van der Waals surface area contributed by atoms with Gasteiger partial charge in [-0.3, -0.25) is 9.59 Å². The number of benzene rings is 1. The number of aliphatic hydroxyl groups is 1. The van der Waals surface area contributed by atoms with Gasteiger partial charge in [0, 0.05) is 13.1 Å².